The van der Waals surface area contributed by atoms with Crippen LogP contribution in [0.3, 0.4) is 0 Å². The van der Waals surface area contributed by atoms with Crippen LogP contribution in [-0.4, -0.2) is 4.57 Å². The molecule has 0 amide bonds. The first-order valence-corrected chi connectivity index (χ1v) is 8.23. The Hall–Kier alpha value is -3.00. The largest absolute Gasteiger partial charge is 0.440 e. The van der Waals surface area contributed by atoms with Crippen LogP contribution in [0.4, 0.5) is 0 Å². The van der Waals surface area contributed by atoms with Crippen LogP contribution in [0.1, 0.15) is 48.1 Å². The topological polar surface area (TPSA) is 81.0 Å². The molecule has 0 spiro atoms. The summed E-state index contributed by atoms with van der Waals surface area (Å²) in [6, 6.07) is 11.9. The van der Waals surface area contributed by atoms with Gasteiger partial charge in [-0.3, -0.25) is 4.79 Å². The van der Waals surface area contributed by atoms with Crippen molar-refractivity contribution in [3.8, 4) is 11.8 Å². The molecule has 128 valence electrons. The maximum absolute atomic E-state index is 12.9. The van der Waals surface area contributed by atoms with Gasteiger partial charge in [-0.1, -0.05) is 38.1 Å². The number of aromatic nitrogens is 1. The van der Waals surface area contributed by atoms with E-state index in [1.54, 1.807) is 17.7 Å². The molecule has 25 heavy (non-hydrogen) atoms. The summed E-state index contributed by atoms with van der Waals surface area (Å²) in [6.45, 7) is 6.07. The highest BCUT2D eigenvalue weighted by atomic mass is 16.5. The van der Waals surface area contributed by atoms with Crippen LogP contribution in [0.15, 0.2) is 46.6 Å². The molecule has 2 aromatic rings. The van der Waals surface area contributed by atoms with Crippen molar-refractivity contribution in [3.63, 3.8) is 0 Å². The minimum Gasteiger partial charge on any atom is -0.440 e. The van der Waals surface area contributed by atoms with E-state index in [0.717, 1.165) is 11.3 Å². The van der Waals surface area contributed by atoms with Crippen molar-refractivity contribution in [3.05, 3.63) is 74.5 Å². The van der Waals surface area contributed by atoms with Gasteiger partial charge in [0.05, 0.1) is 11.5 Å². The van der Waals surface area contributed by atoms with Crippen molar-refractivity contribution < 1.29 is 4.74 Å². The normalized spacial score (nSPS) is 16.4. The van der Waals surface area contributed by atoms with E-state index in [9.17, 15) is 10.1 Å². The average molecular weight is 335 g/mol. The van der Waals surface area contributed by atoms with Gasteiger partial charge in [0.1, 0.15) is 17.4 Å². The van der Waals surface area contributed by atoms with Crippen LogP contribution in [-0.2, 0) is 7.05 Å². The number of ether oxygens (including phenoxy) is 1. The Labute approximate surface area is 147 Å². The van der Waals surface area contributed by atoms with Gasteiger partial charge in [-0.05, 0) is 24.0 Å². The number of hydrogen-bond acceptors (Lipinski definition) is 4. The maximum atomic E-state index is 12.9. The average Bonchev–Trinajstić information content (AvgIpc) is 2.59. The number of nitrogens with two attached hydrogens (primary N) is 1. The Morgan fingerprint density at radius 3 is 2.48 bits per heavy atom. The molecule has 1 unspecified atom stereocenters. The number of hydrogen-bond donors (Lipinski definition) is 1. The van der Waals surface area contributed by atoms with Gasteiger partial charge in [0.2, 0.25) is 5.88 Å². The molecule has 3 rings (SSSR count). The summed E-state index contributed by atoms with van der Waals surface area (Å²) in [7, 11) is 1.71. The molecule has 1 atom stereocenters. The Balaban J connectivity index is 2.26. The second kappa shape index (κ2) is 6.14. The minimum absolute atomic E-state index is 0.0561. The molecule has 0 saturated heterocycles. The third-order valence-electron chi connectivity index (χ3n) is 4.79. The molecule has 2 N–H and O–H groups in total. The fourth-order valence-corrected chi connectivity index (χ4v) is 3.15. The van der Waals surface area contributed by atoms with Crippen LogP contribution in [0.2, 0.25) is 0 Å². The van der Waals surface area contributed by atoms with Gasteiger partial charge in [-0.15, -0.1) is 0 Å². The summed E-state index contributed by atoms with van der Waals surface area (Å²) >= 11 is 0. The first-order chi connectivity index (χ1) is 11.8. The highest BCUT2D eigenvalue weighted by Crippen LogP contribution is 2.40. The van der Waals surface area contributed by atoms with E-state index in [1.807, 2.05) is 31.2 Å². The predicted molar refractivity (Wildman–Crippen MR) is 96.2 cm³/mol. The fraction of sp³-hybridized carbons (Fsp3) is 0.300. The number of rotatable bonds is 2. The third-order valence-corrected chi connectivity index (χ3v) is 4.79. The van der Waals surface area contributed by atoms with E-state index in [1.165, 1.54) is 5.56 Å². The fourth-order valence-electron chi connectivity index (χ4n) is 3.15. The molecule has 1 aliphatic heterocycles. The van der Waals surface area contributed by atoms with Crippen molar-refractivity contribution in [1.82, 2.24) is 4.57 Å². The molecule has 0 aliphatic carbocycles. The second-order valence-electron chi connectivity index (χ2n) is 6.67. The zero-order chi connectivity index (χ0) is 18.3. The summed E-state index contributed by atoms with van der Waals surface area (Å²) in [4.78, 5) is 12.9. The highest BCUT2D eigenvalue weighted by molar-refractivity contribution is 5.55. The molecule has 0 fully saturated rings. The summed E-state index contributed by atoms with van der Waals surface area (Å²) in [5.41, 5.74) is 9.35. The standard InChI is InChI=1S/C20H21N3O2/c1-11(2)13-5-7-14(8-6-13)17-15(10-21)19(22)25-16-9-12(3)23(4)20(24)18(16)17/h5-9,11,17H,22H2,1-4H3. The van der Waals surface area contributed by atoms with Crippen molar-refractivity contribution in [2.75, 3.05) is 0 Å². The van der Waals surface area contributed by atoms with Gasteiger partial charge >= 0.3 is 0 Å². The van der Waals surface area contributed by atoms with Crippen molar-refractivity contribution >= 4 is 0 Å². The smallest absolute Gasteiger partial charge is 0.258 e. The monoisotopic (exact) mass is 335 g/mol. The number of fused-ring (bicyclic) bond motifs is 1. The molecule has 5 heteroatoms. The first kappa shape index (κ1) is 16.8. The quantitative estimate of drug-likeness (QED) is 0.914. The van der Waals surface area contributed by atoms with E-state index in [2.05, 4.69) is 19.9 Å². The molecule has 1 aromatic carbocycles. The van der Waals surface area contributed by atoms with Crippen LogP contribution < -0.4 is 16.0 Å². The first-order valence-electron chi connectivity index (χ1n) is 8.23. The van der Waals surface area contributed by atoms with Gasteiger partial charge in [0.15, 0.2) is 0 Å². The Morgan fingerprint density at radius 2 is 1.92 bits per heavy atom. The van der Waals surface area contributed by atoms with E-state index < -0.39 is 5.92 Å². The molecule has 0 saturated carbocycles. The predicted octanol–water partition coefficient (Wildman–Crippen LogP) is 3.04. The molecule has 2 heterocycles. The van der Waals surface area contributed by atoms with Crippen LogP contribution in [0.5, 0.6) is 5.75 Å². The van der Waals surface area contributed by atoms with E-state index in [0.29, 0.717) is 17.2 Å². The molecule has 0 bridgehead atoms. The lowest BCUT2D eigenvalue weighted by molar-refractivity contribution is 0.389. The van der Waals surface area contributed by atoms with Crippen molar-refractivity contribution in [2.45, 2.75) is 32.6 Å². The molecule has 0 radical (unpaired) electrons. The molecule has 1 aliphatic rings. The van der Waals surface area contributed by atoms with Crippen molar-refractivity contribution in [1.29, 1.82) is 5.26 Å². The Kier molecular flexibility index (Phi) is 4.13. The van der Waals surface area contributed by atoms with Gasteiger partial charge in [0, 0.05) is 18.8 Å². The molecule has 1 aromatic heterocycles. The summed E-state index contributed by atoms with van der Waals surface area (Å²) in [5, 5.41) is 9.60. The Morgan fingerprint density at radius 1 is 1.28 bits per heavy atom. The van der Waals surface area contributed by atoms with Gasteiger partial charge in [-0.2, -0.15) is 5.26 Å². The second-order valence-corrected chi connectivity index (χ2v) is 6.67. The lowest BCUT2D eigenvalue weighted by atomic mass is 9.83. The van der Waals surface area contributed by atoms with Crippen LogP contribution >= 0.6 is 0 Å². The maximum Gasteiger partial charge on any atom is 0.258 e. The number of allylic oxidation sites excluding steroid dienone is 1. The van der Waals surface area contributed by atoms with Gasteiger partial charge < -0.3 is 15.0 Å². The molecular weight excluding hydrogens is 314 g/mol. The lowest BCUT2D eigenvalue weighted by Gasteiger charge is -2.27. The minimum atomic E-state index is -0.519. The summed E-state index contributed by atoms with van der Waals surface area (Å²) in [5.74, 6) is 0.368. The van der Waals surface area contributed by atoms with E-state index in [-0.39, 0.29) is 17.0 Å². The summed E-state index contributed by atoms with van der Waals surface area (Å²) < 4.78 is 7.15. The van der Waals surface area contributed by atoms with E-state index in [4.69, 9.17) is 10.5 Å². The highest BCUT2D eigenvalue weighted by Gasteiger charge is 2.33. The lowest BCUT2D eigenvalue weighted by Crippen LogP contribution is -2.31. The zero-order valence-electron chi connectivity index (χ0n) is 14.8. The summed E-state index contributed by atoms with van der Waals surface area (Å²) in [6.07, 6.45) is 0. The number of aryl methyl sites for hydroxylation is 1. The number of benzene rings is 1. The Bertz CT molecular complexity index is 960. The van der Waals surface area contributed by atoms with Gasteiger partial charge in [-0.25, -0.2) is 0 Å². The zero-order valence-corrected chi connectivity index (χ0v) is 14.8. The van der Waals surface area contributed by atoms with Crippen molar-refractivity contribution in [2.24, 2.45) is 12.8 Å². The number of nitriles is 1. The van der Waals surface area contributed by atoms with Crippen LogP contribution in [0.25, 0.3) is 0 Å². The number of pyridine rings is 1. The third kappa shape index (κ3) is 2.70. The molecule has 5 nitrogen and oxygen atoms in total. The molecular formula is C20H21N3O2. The number of nitrogens with zero attached hydrogens (tertiary/aromatic N) is 2. The van der Waals surface area contributed by atoms with Gasteiger partial charge in [0.25, 0.3) is 5.56 Å². The van der Waals surface area contributed by atoms with E-state index >= 15 is 0 Å². The van der Waals surface area contributed by atoms with Crippen LogP contribution in [0, 0.1) is 18.3 Å². The SMILES string of the molecule is Cc1cc2c(c(=O)n1C)C(c1ccc(C(C)C)cc1)C(C#N)=C(N)O2.